The number of carbonyl (C=O) groups is 2. The van der Waals surface area contributed by atoms with Crippen molar-refractivity contribution in [2.45, 2.75) is 148 Å². The van der Waals surface area contributed by atoms with Crippen LogP contribution in [0.3, 0.4) is 0 Å². The molecule has 0 saturated heterocycles. The minimum atomic E-state index is -4.43. The van der Waals surface area contributed by atoms with E-state index in [-0.39, 0.29) is 26.1 Å². The molecule has 0 spiro atoms. The first kappa shape index (κ1) is 55.9. The standard InChI is InChI=1S/C48H80NO9P/c1-6-8-10-12-14-16-17-18-19-20-21-22-23-25-27-31-35-39-47(51)55-43-46(44-57-59(53,54)56-42-41-49(3,4)5)58-48(52)40-36-32-28-30-34-38-45(50)37-33-29-26-24-15-13-11-9-7-2/h14-16,18-19,21-22,24-25,27-30,33-34,38,45-46,50H,6-13,17,20,23,26,31-32,35-37,39-44H2,1-5H3/p+1/b16-14-,19-18-,22-21-,24-15-,27-25-,30-28+,33-29-,38-34-/t45?,46-/m1/s1. The van der Waals surface area contributed by atoms with Crippen LogP contribution in [0.15, 0.2) is 97.2 Å². The van der Waals surface area contributed by atoms with E-state index < -0.39 is 38.6 Å². The third-order valence-electron chi connectivity index (χ3n) is 8.67. The largest absolute Gasteiger partial charge is 0.472 e. The monoisotopic (exact) mass is 847 g/mol. The highest BCUT2D eigenvalue weighted by atomic mass is 31.2. The lowest BCUT2D eigenvalue weighted by molar-refractivity contribution is -0.870. The number of hydrogen-bond acceptors (Lipinski definition) is 8. The predicted octanol–water partition coefficient (Wildman–Crippen LogP) is 11.5. The minimum Gasteiger partial charge on any atom is -0.462 e. The zero-order chi connectivity index (χ0) is 43.7. The summed E-state index contributed by atoms with van der Waals surface area (Å²) in [5.41, 5.74) is 0. The average molecular weight is 847 g/mol. The lowest BCUT2D eigenvalue weighted by atomic mass is 10.2. The summed E-state index contributed by atoms with van der Waals surface area (Å²) in [4.78, 5) is 35.3. The van der Waals surface area contributed by atoms with Gasteiger partial charge in [0, 0.05) is 12.8 Å². The van der Waals surface area contributed by atoms with E-state index in [0.717, 1.165) is 38.5 Å². The van der Waals surface area contributed by atoms with E-state index in [1.165, 1.54) is 38.5 Å². The number of quaternary nitrogens is 1. The Kier molecular flexibility index (Phi) is 37.0. The van der Waals surface area contributed by atoms with Gasteiger partial charge in [0.05, 0.1) is 33.9 Å². The second-order valence-electron chi connectivity index (χ2n) is 15.6. The zero-order valence-corrected chi connectivity index (χ0v) is 38.2. The summed E-state index contributed by atoms with van der Waals surface area (Å²) in [6, 6.07) is 0. The second kappa shape index (κ2) is 39.1. The Morgan fingerprint density at radius 2 is 1.10 bits per heavy atom. The topological polar surface area (TPSA) is 129 Å². The molecule has 3 atom stereocenters. The Morgan fingerprint density at radius 3 is 1.64 bits per heavy atom. The first-order valence-corrected chi connectivity index (χ1v) is 23.6. The van der Waals surface area contributed by atoms with Crippen molar-refractivity contribution < 1.29 is 47.2 Å². The Hall–Kier alpha value is -3.11. The van der Waals surface area contributed by atoms with Crippen LogP contribution in [-0.2, 0) is 32.7 Å². The Morgan fingerprint density at radius 1 is 0.610 bits per heavy atom. The first-order chi connectivity index (χ1) is 28.4. The van der Waals surface area contributed by atoms with Gasteiger partial charge in [-0.3, -0.25) is 18.6 Å². The summed E-state index contributed by atoms with van der Waals surface area (Å²) < 4.78 is 34.1. The summed E-state index contributed by atoms with van der Waals surface area (Å²) in [6.45, 7) is 4.10. The molecule has 0 aliphatic heterocycles. The first-order valence-electron chi connectivity index (χ1n) is 22.1. The number of rotatable bonds is 38. The second-order valence-corrected chi connectivity index (χ2v) is 17.0. The van der Waals surface area contributed by atoms with Crippen LogP contribution < -0.4 is 0 Å². The van der Waals surface area contributed by atoms with Gasteiger partial charge in [0.15, 0.2) is 6.10 Å². The molecule has 0 aromatic heterocycles. The van der Waals surface area contributed by atoms with Gasteiger partial charge in [-0.15, -0.1) is 0 Å². The number of aliphatic hydroxyl groups excluding tert-OH is 1. The number of phosphoric acid groups is 1. The number of phosphoric ester groups is 1. The molecular weight excluding hydrogens is 765 g/mol. The fraction of sp³-hybridized carbons (Fsp3) is 0.625. The molecule has 0 heterocycles. The normalized spacial score (nSPS) is 15.0. The van der Waals surface area contributed by atoms with Gasteiger partial charge in [-0.1, -0.05) is 137 Å². The third kappa shape index (κ3) is 42.8. The van der Waals surface area contributed by atoms with E-state index in [1.807, 2.05) is 45.4 Å². The van der Waals surface area contributed by atoms with Crippen LogP contribution in [0.1, 0.15) is 136 Å². The van der Waals surface area contributed by atoms with E-state index in [1.54, 1.807) is 12.2 Å². The Labute approximate surface area is 358 Å². The number of nitrogens with zero attached hydrogens (tertiary/aromatic N) is 1. The van der Waals surface area contributed by atoms with Crippen LogP contribution in [0, 0.1) is 0 Å². The predicted molar refractivity (Wildman–Crippen MR) is 244 cm³/mol. The van der Waals surface area contributed by atoms with Crippen LogP contribution in [-0.4, -0.2) is 86.1 Å². The molecule has 336 valence electrons. The molecule has 0 fully saturated rings. The number of aliphatic hydroxyl groups is 1. The SMILES string of the molecule is CCCCC/C=C\C/C=C\C/C=C\C/C=C\CCCC(=O)OC[C@H](COP(=O)(O)OCC[N+](C)(C)C)OC(=O)CCC/C=C/C=C\C(O)C/C=C\C/C=C\CCCCC. The fourth-order valence-electron chi connectivity index (χ4n) is 5.14. The molecule has 0 radical (unpaired) electrons. The molecule has 2 unspecified atom stereocenters. The van der Waals surface area contributed by atoms with Crippen molar-refractivity contribution in [3.63, 3.8) is 0 Å². The van der Waals surface area contributed by atoms with Gasteiger partial charge in [0.1, 0.15) is 19.8 Å². The number of ether oxygens (including phenoxy) is 2. The smallest absolute Gasteiger partial charge is 0.462 e. The van der Waals surface area contributed by atoms with E-state index in [0.29, 0.717) is 43.1 Å². The quantitative estimate of drug-likeness (QED) is 0.0156. The van der Waals surface area contributed by atoms with Gasteiger partial charge in [0.25, 0.3) is 0 Å². The molecule has 0 bridgehead atoms. The van der Waals surface area contributed by atoms with Crippen molar-refractivity contribution in [2.75, 3.05) is 47.5 Å². The highest BCUT2D eigenvalue weighted by Crippen LogP contribution is 2.43. The number of esters is 2. The van der Waals surface area contributed by atoms with E-state index in [2.05, 4.69) is 74.6 Å². The number of carbonyl (C=O) groups excluding carboxylic acids is 2. The average Bonchev–Trinajstić information content (AvgIpc) is 3.18. The van der Waals surface area contributed by atoms with Gasteiger partial charge < -0.3 is 24.0 Å². The summed E-state index contributed by atoms with van der Waals surface area (Å²) in [5, 5.41) is 10.2. The Bertz CT molecular complexity index is 1340. The summed E-state index contributed by atoms with van der Waals surface area (Å²) >= 11 is 0. The van der Waals surface area contributed by atoms with Crippen LogP contribution in [0.2, 0.25) is 0 Å². The number of hydrogen-bond donors (Lipinski definition) is 2. The summed E-state index contributed by atoms with van der Waals surface area (Å²) in [5.74, 6) is -1.01. The highest BCUT2D eigenvalue weighted by molar-refractivity contribution is 7.47. The molecule has 0 aromatic rings. The van der Waals surface area contributed by atoms with E-state index in [4.69, 9.17) is 18.5 Å². The van der Waals surface area contributed by atoms with Gasteiger partial charge in [-0.25, -0.2) is 4.57 Å². The summed E-state index contributed by atoms with van der Waals surface area (Å²) in [7, 11) is 1.34. The fourth-order valence-corrected chi connectivity index (χ4v) is 5.88. The number of allylic oxidation sites excluding steroid dienone is 14. The molecule has 59 heavy (non-hydrogen) atoms. The van der Waals surface area contributed by atoms with Gasteiger partial charge >= 0.3 is 19.8 Å². The molecule has 0 amide bonds. The van der Waals surface area contributed by atoms with Gasteiger partial charge in [0.2, 0.25) is 0 Å². The molecule has 0 saturated carbocycles. The highest BCUT2D eigenvalue weighted by Gasteiger charge is 2.27. The molecule has 2 N–H and O–H groups in total. The molecular formula is C48H81NO9P+. The van der Waals surface area contributed by atoms with Crippen molar-refractivity contribution in [3.05, 3.63) is 97.2 Å². The van der Waals surface area contributed by atoms with Crippen molar-refractivity contribution in [1.29, 1.82) is 0 Å². The van der Waals surface area contributed by atoms with Crippen LogP contribution >= 0.6 is 7.82 Å². The lowest BCUT2D eigenvalue weighted by Crippen LogP contribution is -2.37. The number of unbranched alkanes of at least 4 members (excludes halogenated alkanes) is 8. The maximum Gasteiger partial charge on any atom is 0.472 e. The molecule has 0 aromatic carbocycles. The van der Waals surface area contributed by atoms with E-state index in [9.17, 15) is 24.2 Å². The Balaban J connectivity index is 4.66. The van der Waals surface area contributed by atoms with Crippen molar-refractivity contribution in [3.8, 4) is 0 Å². The maximum atomic E-state index is 12.7. The lowest BCUT2D eigenvalue weighted by Gasteiger charge is -2.24. The molecule has 10 nitrogen and oxygen atoms in total. The van der Waals surface area contributed by atoms with Crippen LogP contribution in [0.4, 0.5) is 0 Å². The van der Waals surface area contributed by atoms with Gasteiger partial charge in [-0.05, 0) is 83.5 Å². The van der Waals surface area contributed by atoms with Crippen molar-refractivity contribution >= 4 is 19.8 Å². The van der Waals surface area contributed by atoms with E-state index >= 15 is 0 Å². The third-order valence-corrected chi connectivity index (χ3v) is 9.65. The minimum absolute atomic E-state index is 0.00794. The van der Waals surface area contributed by atoms with Crippen molar-refractivity contribution in [1.82, 2.24) is 0 Å². The molecule has 0 aliphatic rings. The van der Waals surface area contributed by atoms with Crippen LogP contribution in [0.5, 0.6) is 0 Å². The molecule has 0 rings (SSSR count). The number of likely N-dealkylation sites (N-methyl/N-ethyl adjacent to an activating group) is 1. The van der Waals surface area contributed by atoms with Gasteiger partial charge in [-0.2, -0.15) is 0 Å². The zero-order valence-electron chi connectivity index (χ0n) is 37.3. The van der Waals surface area contributed by atoms with Crippen LogP contribution in [0.25, 0.3) is 0 Å². The molecule has 0 aliphatic carbocycles. The summed E-state index contributed by atoms with van der Waals surface area (Å²) in [6.07, 6.45) is 47.8. The maximum absolute atomic E-state index is 12.7. The molecule has 11 heteroatoms. The van der Waals surface area contributed by atoms with Crippen molar-refractivity contribution in [2.24, 2.45) is 0 Å².